The summed E-state index contributed by atoms with van der Waals surface area (Å²) in [6, 6.07) is 6.60. The molecule has 1 aromatic rings. The van der Waals surface area contributed by atoms with E-state index in [4.69, 9.17) is 4.74 Å². The first-order valence-corrected chi connectivity index (χ1v) is 7.85. The van der Waals surface area contributed by atoms with Crippen LogP contribution in [0.2, 0.25) is 0 Å². The first-order valence-electron chi connectivity index (χ1n) is 5.75. The van der Waals surface area contributed by atoms with Crippen molar-refractivity contribution in [3.63, 3.8) is 0 Å². The quantitative estimate of drug-likeness (QED) is 0.803. The molecule has 0 aromatic heterocycles. The Labute approximate surface area is 106 Å². The van der Waals surface area contributed by atoms with Crippen molar-refractivity contribution in [2.75, 3.05) is 18.6 Å². The van der Waals surface area contributed by atoms with Crippen molar-refractivity contribution >= 4 is 23.5 Å². The third-order valence-corrected chi connectivity index (χ3v) is 5.76. The topological polar surface area (TPSA) is 9.23 Å². The number of aryl methyl sites for hydroxylation is 1. The van der Waals surface area contributed by atoms with Gasteiger partial charge in [0.25, 0.3) is 0 Å². The van der Waals surface area contributed by atoms with Crippen LogP contribution in [-0.4, -0.2) is 18.6 Å². The van der Waals surface area contributed by atoms with E-state index in [0.29, 0.717) is 4.58 Å². The fourth-order valence-corrected chi connectivity index (χ4v) is 4.78. The highest BCUT2D eigenvalue weighted by Crippen LogP contribution is 2.46. The number of rotatable bonds is 3. The van der Waals surface area contributed by atoms with Gasteiger partial charge in [0, 0.05) is 5.56 Å². The van der Waals surface area contributed by atoms with Gasteiger partial charge in [0.15, 0.2) is 0 Å². The molecule has 3 heteroatoms. The fraction of sp³-hybridized carbons (Fsp3) is 0.538. The Morgan fingerprint density at radius 3 is 2.69 bits per heavy atom. The Hall–Kier alpha value is -0.280. The van der Waals surface area contributed by atoms with Gasteiger partial charge in [-0.3, -0.25) is 0 Å². The van der Waals surface area contributed by atoms with E-state index in [1.807, 2.05) is 23.5 Å². The lowest BCUT2D eigenvalue weighted by atomic mass is 10.1. The molecule has 1 fully saturated rings. The Kier molecular flexibility index (Phi) is 4.47. The predicted molar refractivity (Wildman–Crippen MR) is 74.6 cm³/mol. The molecule has 0 bridgehead atoms. The summed E-state index contributed by atoms with van der Waals surface area (Å²) in [7, 11) is 1.77. The van der Waals surface area contributed by atoms with Crippen LogP contribution in [0, 0.1) is 0 Å². The number of hydrogen-bond donors (Lipinski definition) is 0. The van der Waals surface area contributed by atoms with E-state index >= 15 is 0 Å². The van der Waals surface area contributed by atoms with Crippen LogP contribution in [-0.2, 0) is 6.42 Å². The molecule has 0 unspecified atom stereocenters. The number of ether oxygens (including phenoxy) is 1. The van der Waals surface area contributed by atoms with Crippen LogP contribution in [0.25, 0.3) is 0 Å². The molecule has 0 amide bonds. The average Bonchev–Trinajstić information content (AvgIpc) is 2.39. The maximum Gasteiger partial charge on any atom is 0.124 e. The lowest BCUT2D eigenvalue weighted by Gasteiger charge is -2.23. The second-order valence-electron chi connectivity index (χ2n) is 3.86. The molecule has 0 aliphatic carbocycles. The van der Waals surface area contributed by atoms with Crippen molar-refractivity contribution in [2.45, 2.75) is 24.3 Å². The van der Waals surface area contributed by atoms with Crippen LogP contribution in [0.5, 0.6) is 5.75 Å². The molecule has 1 nitrogen and oxygen atoms in total. The smallest absolute Gasteiger partial charge is 0.124 e. The minimum Gasteiger partial charge on any atom is -0.496 e. The van der Waals surface area contributed by atoms with E-state index in [1.165, 1.54) is 29.1 Å². The monoisotopic (exact) mass is 254 g/mol. The van der Waals surface area contributed by atoms with Crippen molar-refractivity contribution in [3.8, 4) is 5.75 Å². The molecule has 0 saturated carbocycles. The highest BCUT2D eigenvalue weighted by molar-refractivity contribution is 8.16. The SMILES string of the molecule is CCc1ccc(OC)c(C2SCCCS2)c1. The largest absolute Gasteiger partial charge is 0.496 e. The van der Waals surface area contributed by atoms with Crippen LogP contribution in [0.15, 0.2) is 18.2 Å². The molecule has 0 N–H and O–H groups in total. The van der Waals surface area contributed by atoms with Crippen molar-refractivity contribution < 1.29 is 4.74 Å². The zero-order chi connectivity index (χ0) is 11.4. The van der Waals surface area contributed by atoms with Gasteiger partial charge in [0.1, 0.15) is 5.75 Å². The zero-order valence-corrected chi connectivity index (χ0v) is 11.5. The summed E-state index contributed by atoms with van der Waals surface area (Å²) in [4.78, 5) is 0. The van der Waals surface area contributed by atoms with Gasteiger partial charge in [0.2, 0.25) is 0 Å². The first-order chi connectivity index (χ1) is 7.85. The normalized spacial score (nSPS) is 17.4. The summed E-state index contributed by atoms with van der Waals surface area (Å²) in [5.41, 5.74) is 2.78. The standard InChI is InChI=1S/C13H18OS2/c1-3-10-5-6-12(14-2)11(9-10)13-15-7-4-8-16-13/h5-6,9,13H,3-4,7-8H2,1-2H3. The molecule has 0 atom stereocenters. The summed E-state index contributed by atoms with van der Waals surface area (Å²) in [6.45, 7) is 2.20. The second-order valence-corrected chi connectivity index (χ2v) is 6.58. The van der Waals surface area contributed by atoms with Crippen molar-refractivity contribution in [1.82, 2.24) is 0 Å². The summed E-state index contributed by atoms with van der Waals surface area (Å²) in [6.07, 6.45) is 2.43. The van der Waals surface area contributed by atoms with Crippen LogP contribution in [0.4, 0.5) is 0 Å². The van der Waals surface area contributed by atoms with E-state index in [-0.39, 0.29) is 0 Å². The molecular formula is C13H18OS2. The minimum absolute atomic E-state index is 0.565. The third kappa shape index (κ3) is 2.69. The molecule has 1 saturated heterocycles. The third-order valence-electron chi connectivity index (χ3n) is 2.78. The van der Waals surface area contributed by atoms with E-state index in [0.717, 1.165) is 12.2 Å². The fourth-order valence-electron chi connectivity index (χ4n) is 1.86. The summed E-state index contributed by atoms with van der Waals surface area (Å²) < 4.78 is 6.04. The van der Waals surface area contributed by atoms with Gasteiger partial charge in [-0.1, -0.05) is 19.1 Å². The summed E-state index contributed by atoms with van der Waals surface area (Å²) in [5, 5.41) is 0. The summed E-state index contributed by atoms with van der Waals surface area (Å²) in [5.74, 6) is 3.60. The molecule has 0 spiro atoms. The van der Waals surface area contributed by atoms with Crippen LogP contribution in [0.1, 0.15) is 29.1 Å². The van der Waals surface area contributed by atoms with Gasteiger partial charge in [-0.2, -0.15) is 0 Å². The van der Waals surface area contributed by atoms with Gasteiger partial charge in [0.05, 0.1) is 11.7 Å². The molecule has 2 rings (SSSR count). The van der Waals surface area contributed by atoms with E-state index in [9.17, 15) is 0 Å². The predicted octanol–water partition coefficient (Wildman–Crippen LogP) is 4.13. The molecule has 0 radical (unpaired) electrons. The molecule has 1 aliphatic heterocycles. The lowest BCUT2D eigenvalue weighted by molar-refractivity contribution is 0.411. The Balaban J connectivity index is 2.27. The Bertz CT molecular complexity index is 346. The van der Waals surface area contributed by atoms with E-state index in [1.54, 1.807) is 7.11 Å². The van der Waals surface area contributed by atoms with Gasteiger partial charge in [-0.05, 0) is 36.0 Å². The maximum atomic E-state index is 5.47. The van der Waals surface area contributed by atoms with Gasteiger partial charge in [-0.25, -0.2) is 0 Å². The van der Waals surface area contributed by atoms with Crippen molar-refractivity contribution in [2.24, 2.45) is 0 Å². The number of benzene rings is 1. The van der Waals surface area contributed by atoms with Crippen LogP contribution in [0.3, 0.4) is 0 Å². The Morgan fingerprint density at radius 2 is 2.06 bits per heavy atom. The van der Waals surface area contributed by atoms with Crippen LogP contribution >= 0.6 is 23.5 Å². The van der Waals surface area contributed by atoms with Crippen LogP contribution < -0.4 is 4.74 Å². The molecule has 1 aromatic carbocycles. The highest BCUT2D eigenvalue weighted by Gasteiger charge is 2.20. The molecule has 1 aliphatic rings. The second kappa shape index (κ2) is 5.87. The molecular weight excluding hydrogens is 236 g/mol. The summed E-state index contributed by atoms with van der Waals surface area (Å²) >= 11 is 4.10. The number of thioether (sulfide) groups is 2. The first kappa shape index (κ1) is 12.2. The molecule has 1 heterocycles. The zero-order valence-electron chi connectivity index (χ0n) is 9.86. The van der Waals surface area contributed by atoms with E-state index in [2.05, 4.69) is 25.1 Å². The van der Waals surface area contributed by atoms with Gasteiger partial charge < -0.3 is 4.74 Å². The molecule has 88 valence electrons. The van der Waals surface area contributed by atoms with Crippen molar-refractivity contribution in [3.05, 3.63) is 29.3 Å². The van der Waals surface area contributed by atoms with E-state index < -0.39 is 0 Å². The Morgan fingerprint density at radius 1 is 1.31 bits per heavy atom. The number of methoxy groups -OCH3 is 1. The highest BCUT2D eigenvalue weighted by atomic mass is 32.2. The minimum atomic E-state index is 0.565. The average molecular weight is 254 g/mol. The molecule has 16 heavy (non-hydrogen) atoms. The maximum absolute atomic E-state index is 5.47. The van der Waals surface area contributed by atoms with Crippen molar-refractivity contribution in [1.29, 1.82) is 0 Å². The van der Waals surface area contributed by atoms with Gasteiger partial charge in [-0.15, -0.1) is 23.5 Å². The van der Waals surface area contributed by atoms with Gasteiger partial charge >= 0.3 is 0 Å². The number of hydrogen-bond acceptors (Lipinski definition) is 3. The lowest BCUT2D eigenvalue weighted by Crippen LogP contribution is -2.03.